The van der Waals surface area contributed by atoms with Crippen molar-refractivity contribution >= 4 is 133 Å². The Labute approximate surface area is 642 Å². The van der Waals surface area contributed by atoms with Gasteiger partial charge in [-0.2, -0.15) is 0 Å². The number of aromatic amines is 1. The number of nitrogens with one attached hydrogen (secondary N) is 11. The summed E-state index contributed by atoms with van der Waals surface area (Å²) in [6, 6.07) is 4.01. The van der Waals surface area contributed by atoms with Gasteiger partial charge in [0.1, 0.15) is 60.1 Å². The van der Waals surface area contributed by atoms with Crippen molar-refractivity contribution in [3.8, 4) is 5.75 Å². The fourth-order valence-electron chi connectivity index (χ4n) is 13.0. The highest BCUT2D eigenvalue weighted by Gasteiger charge is 2.40. The number of phenols is 1. The molecule has 3 aromatic carbocycles. The number of halogens is 1. The van der Waals surface area contributed by atoms with Crippen LogP contribution in [0, 0.1) is 5.92 Å². The molecule has 22 N–H and O–H groups in total. The number of carbonyl (C=O) groups is 14. The smallest absolute Gasteiger partial charge is 0.303 e. The molecule has 2 saturated carbocycles. The van der Waals surface area contributed by atoms with Crippen LogP contribution in [0.5, 0.6) is 5.75 Å². The number of amides is 12. The van der Waals surface area contributed by atoms with Crippen molar-refractivity contribution in [3.05, 3.63) is 101 Å². The van der Waals surface area contributed by atoms with Gasteiger partial charge in [0, 0.05) is 104 Å². The first kappa shape index (κ1) is 86.0. The minimum atomic E-state index is -1.76. The Morgan fingerprint density at radius 3 is 1.85 bits per heavy atom. The minimum absolute atomic E-state index is 0.0196. The van der Waals surface area contributed by atoms with E-state index in [0.717, 1.165) is 34.4 Å². The molecule has 2 heterocycles. The summed E-state index contributed by atoms with van der Waals surface area (Å²) in [6.07, 6.45) is 2.39. The summed E-state index contributed by atoms with van der Waals surface area (Å²) >= 11 is 6.70. The van der Waals surface area contributed by atoms with Gasteiger partial charge in [-0.15, -0.1) is 0 Å². The van der Waals surface area contributed by atoms with Crippen molar-refractivity contribution < 1.29 is 82.4 Å². The van der Waals surface area contributed by atoms with E-state index in [0.29, 0.717) is 66.1 Å². The first-order valence-electron chi connectivity index (χ1n) is 36.1. The summed E-state index contributed by atoms with van der Waals surface area (Å²) in [5, 5.41) is 57.1. The van der Waals surface area contributed by atoms with Crippen LogP contribution in [0.3, 0.4) is 0 Å². The molecule has 1 aromatic heterocycles. The van der Waals surface area contributed by atoms with E-state index >= 15 is 14.4 Å². The topological polar surface area (TPSA) is 555 Å². The number of para-hydroxylation sites is 1. The second kappa shape index (κ2) is 43.1. The van der Waals surface area contributed by atoms with Gasteiger partial charge in [-0.3, -0.25) is 72.1 Å². The number of hydrogen-bond donors (Lipinski definition) is 18. The summed E-state index contributed by atoms with van der Waals surface area (Å²) in [4.78, 5) is 207. The third kappa shape index (κ3) is 28.1. The van der Waals surface area contributed by atoms with E-state index < -0.39 is 200 Å². The molecule has 12 amide bonds. The number of nitrogens with zero attached hydrogens (tertiary/aromatic N) is 2. The fraction of sp³-hybridized carbons (Fsp3) is 0.514. The molecule has 4 aromatic rings. The van der Waals surface area contributed by atoms with Crippen LogP contribution in [0.2, 0.25) is 5.02 Å². The Morgan fingerprint density at radius 1 is 0.651 bits per heavy atom. The van der Waals surface area contributed by atoms with E-state index in [1.165, 1.54) is 29.2 Å². The lowest BCUT2D eigenvalue weighted by Crippen LogP contribution is -2.61. The molecule has 37 heteroatoms. The van der Waals surface area contributed by atoms with Crippen LogP contribution in [0.25, 0.3) is 10.9 Å². The number of guanidine groups is 1. The number of aliphatic carboxylic acids is 2. The number of aromatic hydroxyl groups is 1. The number of benzene rings is 3. The van der Waals surface area contributed by atoms with E-state index in [-0.39, 0.29) is 73.8 Å². The quantitative estimate of drug-likeness (QED) is 0.0167. The van der Waals surface area contributed by atoms with E-state index in [4.69, 9.17) is 34.5 Å². The van der Waals surface area contributed by atoms with Crippen molar-refractivity contribution in [2.45, 2.75) is 195 Å². The van der Waals surface area contributed by atoms with Gasteiger partial charge in [0.05, 0.1) is 6.54 Å². The molecular weight excluding hydrogens is 1470 g/mol. The van der Waals surface area contributed by atoms with Crippen molar-refractivity contribution in [1.29, 1.82) is 0 Å². The molecule has 1 aliphatic heterocycles. The summed E-state index contributed by atoms with van der Waals surface area (Å²) in [5.74, 6) is -15.4. The highest BCUT2D eigenvalue weighted by molar-refractivity contribution is 8.76. The van der Waals surface area contributed by atoms with Crippen LogP contribution in [-0.4, -0.2) is 212 Å². The molecule has 34 nitrogen and oxygen atoms in total. The molecule has 0 spiro atoms. The number of hydrogen-bond acceptors (Lipinski definition) is 19. The van der Waals surface area contributed by atoms with Gasteiger partial charge in [0.25, 0.3) is 0 Å². The lowest BCUT2D eigenvalue weighted by atomic mass is 9.95. The molecular formula is C72H98ClN17O17S2. The number of phenolic OH excluding ortho intramolecular Hbond substituents is 1. The van der Waals surface area contributed by atoms with E-state index in [1.54, 1.807) is 61.7 Å². The number of aliphatic imine (C=N–C) groups is 1. The molecule has 109 heavy (non-hydrogen) atoms. The average Bonchev–Trinajstić information content (AvgIpc) is 1.74. The van der Waals surface area contributed by atoms with Crippen LogP contribution in [-0.2, 0) is 86.4 Å². The summed E-state index contributed by atoms with van der Waals surface area (Å²) in [7, 11) is 1.73. The van der Waals surface area contributed by atoms with Gasteiger partial charge in [0.15, 0.2) is 5.96 Å². The van der Waals surface area contributed by atoms with Gasteiger partial charge < -0.3 is 101 Å². The molecule has 0 unspecified atom stereocenters. The molecule has 7 rings (SSSR count). The monoisotopic (exact) mass is 1570 g/mol. The second-order valence-corrected chi connectivity index (χ2v) is 30.3. The summed E-state index contributed by atoms with van der Waals surface area (Å²) < 4.78 is 0. The number of primary amides is 1. The zero-order valence-corrected chi connectivity index (χ0v) is 62.7. The Kier molecular flexibility index (Phi) is 34.0. The maximum Gasteiger partial charge on any atom is 0.303 e. The Bertz CT molecular complexity index is 3910. The molecule has 3 fully saturated rings. The van der Waals surface area contributed by atoms with Crippen molar-refractivity contribution in [2.24, 2.45) is 33.8 Å². The number of fused-ring (bicyclic) bond motifs is 1. The standard InChI is InChI=1S/C72H98ClN17O17S2/c1-39(74)31-59(94)90(44-14-5-6-15-44)36-58(93)82-52(32-40-20-22-45(91)23-21-40)67(103)88-56-38-109-108-37-55(63(75)99)87-66(102)51(25-27-61(97)98)84-69(105)54(34-43-35-80-48-18-9-7-16-46(43)48)85-65(101)50(24-26-60(95)96)81-57(92)28-30-78-64(100)49(19-10-29-79-72(76)77)83-68(104)53(33-42-13-4-8-17-47(42)73)86-71(107)62(89-70(56)106)41-11-2-3-12-41/h4,7-9,13,16-18,20-23,35,39,41,44,49-56,62,80,91H,2-3,5-6,10-12,14-15,19,24-34,36-38,74H2,1H3,(H2,75,99)(H,78,100)(H,81,92)(H,82,93)(H,83,104)(H,84,105)(H,85,101)(H,86,107)(H,87,102)(H,88,103)(H,89,106)(H,95,96)(H,97,98)(H4,76,77,79)/t39-,49+,50+,51+,52+,53+,54+,55+,56+,62+/m1/s1. The van der Waals surface area contributed by atoms with Gasteiger partial charge in [-0.1, -0.05) is 107 Å². The maximum absolute atomic E-state index is 15.4. The normalized spacial score (nSPS) is 22.3. The third-order valence-corrected chi connectivity index (χ3v) is 21.6. The van der Waals surface area contributed by atoms with Gasteiger partial charge in [0.2, 0.25) is 70.9 Å². The van der Waals surface area contributed by atoms with Crippen molar-refractivity contribution in [2.75, 3.05) is 31.1 Å². The maximum atomic E-state index is 15.4. The number of rotatable bonds is 26. The predicted molar refractivity (Wildman–Crippen MR) is 406 cm³/mol. The Hall–Kier alpha value is -10.2. The fourth-order valence-corrected chi connectivity index (χ4v) is 15.6. The lowest BCUT2D eigenvalue weighted by Gasteiger charge is -2.31. The molecule has 10 atom stereocenters. The van der Waals surface area contributed by atoms with Crippen LogP contribution >= 0.6 is 33.2 Å². The van der Waals surface area contributed by atoms with Crippen LogP contribution in [0.4, 0.5) is 0 Å². The molecule has 3 aliphatic rings. The van der Waals surface area contributed by atoms with E-state index in [1.807, 2.05) is 0 Å². The number of aromatic nitrogens is 1. The van der Waals surface area contributed by atoms with Crippen LogP contribution in [0.15, 0.2) is 84.0 Å². The lowest BCUT2D eigenvalue weighted by molar-refractivity contribution is -0.139. The van der Waals surface area contributed by atoms with Gasteiger partial charge in [-0.05, 0) is 105 Å². The summed E-state index contributed by atoms with van der Waals surface area (Å²) in [6.45, 7) is 0.724. The zero-order chi connectivity index (χ0) is 79.3. The SMILES string of the molecule is C[C@@H](N)CC(=O)N(CC(=O)N[C@@H](Cc1ccc(O)cc1)C(=O)N[C@H]1CSSC[C@@H](C(N)=O)NC(=O)[C@H](CCC(=O)O)NC(=O)[C@H](Cc2c[nH]c3ccccc23)NC(=O)[C@H](CCC(=O)O)NC(=O)CCNC(=O)[C@H](CCCN=C(N)N)NC(=O)[C@H](Cc2ccccc2Cl)NC(=O)[C@H](C2CCCC2)NC1=O)C1CCCC1. The largest absolute Gasteiger partial charge is 0.508 e. The average molecular weight is 1570 g/mol. The highest BCUT2D eigenvalue weighted by Crippen LogP contribution is 2.30. The predicted octanol–water partition coefficient (Wildman–Crippen LogP) is -0.214. The first-order valence-corrected chi connectivity index (χ1v) is 39.0. The molecule has 592 valence electrons. The van der Waals surface area contributed by atoms with Crippen molar-refractivity contribution in [1.82, 2.24) is 63.1 Å². The zero-order valence-electron chi connectivity index (χ0n) is 60.4. The van der Waals surface area contributed by atoms with E-state index in [2.05, 4.69) is 63.1 Å². The molecule has 2 aliphatic carbocycles. The Balaban J connectivity index is 1.28. The van der Waals surface area contributed by atoms with Gasteiger partial charge >= 0.3 is 11.9 Å². The summed E-state index contributed by atoms with van der Waals surface area (Å²) in [5.41, 5.74) is 25.0. The number of nitrogens with two attached hydrogens (primary N) is 4. The third-order valence-electron chi connectivity index (χ3n) is 18.8. The number of carboxylic acids is 2. The number of H-pyrrole nitrogens is 1. The molecule has 1 saturated heterocycles. The van der Waals surface area contributed by atoms with Gasteiger partial charge in [-0.25, -0.2) is 0 Å². The van der Waals surface area contributed by atoms with Crippen LogP contribution in [0.1, 0.15) is 126 Å². The first-order chi connectivity index (χ1) is 52.0. The Morgan fingerprint density at radius 2 is 1.22 bits per heavy atom. The number of carbonyl (C=O) groups excluding carboxylic acids is 12. The number of carboxylic acid groups (broad SMARTS) is 2. The van der Waals surface area contributed by atoms with E-state index in [9.17, 15) is 68.1 Å². The minimum Gasteiger partial charge on any atom is -0.508 e. The highest BCUT2D eigenvalue weighted by atomic mass is 35.5. The second-order valence-electron chi connectivity index (χ2n) is 27.3. The van der Waals surface area contributed by atoms with Crippen molar-refractivity contribution in [3.63, 3.8) is 0 Å². The van der Waals surface area contributed by atoms with Crippen LogP contribution < -0.4 is 76.1 Å². The molecule has 0 radical (unpaired) electrons. The molecule has 0 bridgehead atoms.